The summed E-state index contributed by atoms with van der Waals surface area (Å²) in [7, 11) is 0. The minimum Gasteiger partial charge on any atom is -0.356 e. The van der Waals surface area contributed by atoms with Crippen molar-refractivity contribution in [1.82, 2.24) is 10.6 Å². The second kappa shape index (κ2) is 6.33. The highest BCUT2D eigenvalue weighted by atomic mass is 19.4. The Labute approximate surface area is 115 Å². The number of hydrogen-bond donors (Lipinski definition) is 2. The fraction of sp³-hybridized carbons (Fsp3) is 0.357. The van der Waals surface area contributed by atoms with Crippen molar-refractivity contribution < 1.29 is 13.2 Å². The van der Waals surface area contributed by atoms with E-state index in [1.807, 2.05) is 0 Å². The molecule has 1 aromatic carbocycles. The van der Waals surface area contributed by atoms with Gasteiger partial charge >= 0.3 is 6.18 Å². The molecule has 1 aliphatic rings. The Bertz CT molecular complexity index is 553. The third-order valence-corrected chi connectivity index (χ3v) is 2.66. The number of halogens is 3. The largest absolute Gasteiger partial charge is 0.416 e. The van der Waals surface area contributed by atoms with E-state index in [9.17, 15) is 13.2 Å². The maximum Gasteiger partial charge on any atom is 0.416 e. The minimum atomic E-state index is -4.34. The van der Waals surface area contributed by atoms with Crippen LogP contribution in [0.1, 0.15) is 17.5 Å². The molecule has 2 N–H and O–H groups in total. The van der Waals surface area contributed by atoms with E-state index < -0.39 is 11.7 Å². The first kappa shape index (κ1) is 14.3. The van der Waals surface area contributed by atoms with Crippen LogP contribution in [0.2, 0.25) is 0 Å². The lowest BCUT2D eigenvalue weighted by atomic mass is 10.1. The smallest absolute Gasteiger partial charge is 0.356 e. The number of nitrogens with one attached hydrogen (secondary N) is 2. The fourth-order valence-electron chi connectivity index (χ4n) is 1.70. The van der Waals surface area contributed by atoms with Crippen molar-refractivity contribution in [3.05, 3.63) is 35.4 Å². The van der Waals surface area contributed by atoms with Crippen LogP contribution >= 0.6 is 0 Å². The molecular formula is C14H14F3N3. The summed E-state index contributed by atoms with van der Waals surface area (Å²) in [6.07, 6.45) is -3.34. The molecule has 2 rings (SSSR count). The molecular weight excluding hydrogens is 267 g/mol. The average Bonchev–Trinajstić information content (AvgIpc) is 2.44. The van der Waals surface area contributed by atoms with E-state index in [0.29, 0.717) is 18.1 Å². The van der Waals surface area contributed by atoms with Gasteiger partial charge in [0.2, 0.25) is 0 Å². The Kier molecular flexibility index (Phi) is 4.51. The summed E-state index contributed by atoms with van der Waals surface area (Å²) in [5, 5.41) is 6.05. The van der Waals surface area contributed by atoms with Crippen LogP contribution < -0.4 is 10.6 Å². The average molecular weight is 281 g/mol. The van der Waals surface area contributed by atoms with E-state index in [1.54, 1.807) is 6.07 Å². The summed E-state index contributed by atoms with van der Waals surface area (Å²) in [6, 6.07) is 4.99. The number of hydrogen-bond acceptors (Lipinski definition) is 3. The lowest BCUT2D eigenvalue weighted by Crippen LogP contribution is -2.40. The fourth-order valence-corrected chi connectivity index (χ4v) is 1.70. The lowest BCUT2D eigenvalue weighted by molar-refractivity contribution is -0.137. The monoisotopic (exact) mass is 281 g/mol. The highest BCUT2D eigenvalue weighted by Gasteiger charge is 2.30. The Morgan fingerprint density at radius 3 is 2.90 bits per heavy atom. The van der Waals surface area contributed by atoms with Crippen molar-refractivity contribution in [1.29, 1.82) is 0 Å². The first-order valence-electron chi connectivity index (χ1n) is 6.24. The molecule has 0 bridgehead atoms. The van der Waals surface area contributed by atoms with E-state index in [4.69, 9.17) is 0 Å². The highest BCUT2D eigenvalue weighted by molar-refractivity contribution is 5.80. The maximum atomic E-state index is 12.5. The van der Waals surface area contributed by atoms with Crippen molar-refractivity contribution in [2.75, 3.05) is 19.6 Å². The van der Waals surface area contributed by atoms with Crippen LogP contribution in [0, 0.1) is 11.8 Å². The lowest BCUT2D eigenvalue weighted by Gasteiger charge is -2.14. The molecule has 0 saturated carbocycles. The van der Waals surface area contributed by atoms with Gasteiger partial charge in [-0.1, -0.05) is 17.9 Å². The Morgan fingerprint density at radius 1 is 1.35 bits per heavy atom. The van der Waals surface area contributed by atoms with E-state index in [-0.39, 0.29) is 0 Å². The van der Waals surface area contributed by atoms with Crippen LogP contribution in [0.25, 0.3) is 0 Å². The van der Waals surface area contributed by atoms with Crippen molar-refractivity contribution >= 4 is 5.96 Å². The molecule has 0 fully saturated rings. The first-order valence-corrected chi connectivity index (χ1v) is 6.24. The zero-order valence-electron chi connectivity index (χ0n) is 10.7. The van der Waals surface area contributed by atoms with Gasteiger partial charge in [0.1, 0.15) is 0 Å². The van der Waals surface area contributed by atoms with E-state index >= 15 is 0 Å². The van der Waals surface area contributed by atoms with Gasteiger partial charge in [-0.05, 0) is 24.6 Å². The summed E-state index contributed by atoms with van der Waals surface area (Å²) >= 11 is 0. The zero-order valence-corrected chi connectivity index (χ0v) is 10.7. The van der Waals surface area contributed by atoms with Gasteiger partial charge in [0.05, 0.1) is 12.1 Å². The van der Waals surface area contributed by atoms with Gasteiger partial charge in [-0.25, -0.2) is 0 Å². The molecule has 1 aromatic rings. The van der Waals surface area contributed by atoms with Crippen molar-refractivity contribution in [2.45, 2.75) is 12.6 Å². The molecule has 1 aliphatic heterocycles. The number of rotatable bonds is 1. The van der Waals surface area contributed by atoms with Crippen LogP contribution in [0.5, 0.6) is 0 Å². The summed E-state index contributed by atoms with van der Waals surface area (Å²) in [5.74, 6) is 6.17. The van der Waals surface area contributed by atoms with Crippen LogP contribution in [0.15, 0.2) is 29.3 Å². The van der Waals surface area contributed by atoms with Crippen LogP contribution in [-0.2, 0) is 6.18 Å². The Hall–Kier alpha value is -2.16. The molecule has 0 aliphatic carbocycles. The SMILES string of the molecule is FC(F)(F)c1cccc(C#CCNC2=NCCCN2)c1. The van der Waals surface area contributed by atoms with Gasteiger partial charge in [-0.2, -0.15) is 13.2 Å². The maximum absolute atomic E-state index is 12.5. The number of benzene rings is 1. The predicted octanol–water partition coefficient (Wildman–Crippen LogP) is 2.00. The molecule has 0 amide bonds. The third-order valence-electron chi connectivity index (χ3n) is 2.66. The molecule has 20 heavy (non-hydrogen) atoms. The molecule has 0 spiro atoms. The second-order valence-corrected chi connectivity index (χ2v) is 4.24. The number of nitrogens with zero attached hydrogens (tertiary/aromatic N) is 1. The zero-order chi connectivity index (χ0) is 14.4. The summed E-state index contributed by atoms with van der Waals surface area (Å²) < 4.78 is 37.5. The number of aliphatic imine (C=N–C) groups is 1. The standard InChI is InChI=1S/C14H14F3N3/c15-14(16,17)12-6-1-4-11(10-12)5-2-7-18-13-19-8-3-9-20-13/h1,4,6,10H,3,7-9H2,(H2,18,19,20). The van der Waals surface area contributed by atoms with Crippen LogP contribution in [0.4, 0.5) is 13.2 Å². The molecule has 1 heterocycles. The van der Waals surface area contributed by atoms with E-state index in [0.717, 1.165) is 31.6 Å². The Balaban J connectivity index is 1.93. The first-order chi connectivity index (χ1) is 9.55. The molecule has 0 saturated heterocycles. The molecule has 0 unspecified atom stereocenters. The summed E-state index contributed by atoms with van der Waals surface area (Å²) in [5.41, 5.74) is -0.337. The minimum absolute atomic E-state index is 0.335. The normalized spacial score (nSPS) is 14.7. The van der Waals surface area contributed by atoms with E-state index in [1.165, 1.54) is 6.07 Å². The molecule has 3 nitrogen and oxygen atoms in total. The van der Waals surface area contributed by atoms with Gasteiger partial charge in [0.15, 0.2) is 5.96 Å². The highest BCUT2D eigenvalue weighted by Crippen LogP contribution is 2.29. The third kappa shape index (κ3) is 4.19. The van der Waals surface area contributed by atoms with Gasteiger partial charge in [-0.15, -0.1) is 0 Å². The number of alkyl halides is 3. The molecule has 0 aromatic heterocycles. The summed E-state index contributed by atoms with van der Waals surface area (Å²) in [6.45, 7) is 1.98. The Morgan fingerprint density at radius 2 is 2.20 bits per heavy atom. The van der Waals surface area contributed by atoms with Gasteiger partial charge in [0, 0.05) is 18.7 Å². The second-order valence-electron chi connectivity index (χ2n) is 4.24. The topological polar surface area (TPSA) is 36.4 Å². The molecule has 106 valence electrons. The van der Waals surface area contributed by atoms with Crippen LogP contribution in [-0.4, -0.2) is 25.6 Å². The molecule has 0 radical (unpaired) electrons. The van der Waals surface area contributed by atoms with Gasteiger partial charge in [-0.3, -0.25) is 4.99 Å². The van der Waals surface area contributed by atoms with Gasteiger partial charge in [0.25, 0.3) is 0 Å². The molecule has 0 atom stereocenters. The van der Waals surface area contributed by atoms with Crippen LogP contribution in [0.3, 0.4) is 0 Å². The number of guanidine groups is 1. The quantitative estimate of drug-likeness (QED) is 0.772. The summed E-state index contributed by atoms with van der Waals surface area (Å²) in [4.78, 5) is 4.20. The van der Waals surface area contributed by atoms with Gasteiger partial charge < -0.3 is 10.6 Å². The predicted molar refractivity (Wildman–Crippen MR) is 71.2 cm³/mol. The van der Waals surface area contributed by atoms with Crippen molar-refractivity contribution in [3.8, 4) is 11.8 Å². The molecule has 6 heteroatoms. The van der Waals surface area contributed by atoms with E-state index in [2.05, 4.69) is 27.5 Å². The van der Waals surface area contributed by atoms with Crippen molar-refractivity contribution in [3.63, 3.8) is 0 Å². The van der Waals surface area contributed by atoms with Crippen molar-refractivity contribution in [2.24, 2.45) is 4.99 Å².